The Bertz CT molecular complexity index is 427. The van der Waals surface area contributed by atoms with Crippen molar-refractivity contribution in [3.05, 3.63) is 34.1 Å². The molecule has 0 heterocycles. The second-order valence-corrected chi connectivity index (χ2v) is 6.88. The highest BCUT2D eigenvalue weighted by Gasteiger charge is 2.26. The van der Waals surface area contributed by atoms with Gasteiger partial charge in [-0.3, -0.25) is 0 Å². The Morgan fingerprint density at radius 2 is 2.00 bits per heavy atom. The van der Waals surface area contributed by atoms with Crippen molar-refractivity contribution < 1.29 is 4.39 Å². The average Bonchev–Trinajstić information content (AvgIpc) is 2.47. The van der Waals surface area contributed by atoms with Crippen molar-refractivity contribution in [2.75, 3.05) is 7.05 Å². The maximum absolute atomic E-state index is 13.2. The second kappa shape index (κ2) is 7.56. The molecule has 0 radical (unpaired) electrons. The van der Waals surface area contributed by atoms with E-state index in [2.05, 4.69) is 28.2 Å². The normalized spacial score (nSPS) is 24.6. The van der Waals surface area contributed by atoms with E-state index in [1.54, 1.807) is 12.1 Å². The van der Waals surface area contributed by atoms with E-state index in [1.807, 2.05) is 13.1 Å². The summed E-state index contributed by atoms with van der Waals surface area (Å²) in [5, 5.41) is 3.48. The molecule has 2 rings (SSSR count). The molecule has 0 amide bonds. The van der Waals surface area contributed by atoms with Crippen LogP contribution in [-0.4, -0.2) is 13.1 Å². The third-order valence-electron chi connectivity index (χ3n) is 4.86. The van der Waals surface area contributed by atoms with Gasteiger partial charge in [0.1, 0.15) is 5.82 Å². The monoisotopic (exact) mass is 341 g/mol. The lowest BCUT2D eigenvalue weighted by Gasteiger charge is -2.33. The Kier molecular flexibility index (Phi) is 6.03. The first-order valence-corrected chi connectivity index (χ1v) is 8.54. The molecule has 1 aliphatic carbocycles. The van der Waals surface area contributed by atoms with Crippen molar-refractivity contribution >= 4 is 15.9 Å². The van der Waals surface area contributed by atoms with Crippen LogP contribution in [0.4, 0.5) is 4.39 Å². The van der Waals surface area contributed by atoms with Gasteiger partial charge in [0.2, 0.25) is 0 Å². The molecule has 20 heavy (non-hydrogen) atoms. The number of hydrogen-bond donors (Lipinski definition) is 1. The van der Waals surface area contributed by atoms with Crippen molar-refractivity contribution in [1.29, 1.82) is 0 Å². The first kappa shape index (κ1) is 16.0. The van der Waals surface area contributed by atoms with Gasteiger partial charge >= 0.3 is 0 Å². The molecule has 0 spiro atoms. The van der Waals surface area contributed by atoms with Crippen molar-refractivity contribution in [2.24, 2.45) is 11.8 Å². The van der Waals surface area contributed by atoms with Crippen LogP contribution in [0, 0.1) is 17.7 Å². The number of benzene rings is 1. The lowest BCUT2D eigenvalue weighted by atomic mass is 9.76. The number of halogens is 2. The first-order valence-electron chi connectivity index (χ1n) is 7.75. The first-order chi connectivity index (χ1) is 9.63. The van der Waals surface area contributed by atoms with Crippen LogP contribution in [0.3, 0.4) is 0 Å². The van der Waals surface area contributed by atoms with Gasteiger partial charge in [-0.25, -0.2) is 4.39 Å². The topological polar surface area (TPSA) is 12.0 Å². The molecule has 112 valence electrons. The minimum Gasteiger partial charge on any atom is -0.316 e. The lowest BCUT2D eigenvalue weighted by molar-refractivity contribution is 0.222. The maximum Gasteiger partial charge on any atom is 0.124 e. The van der Waals surface area contributed by atoms with Crippen LogP contribution in [-0.2, 0) is 6.42 Å². The van der Waals surface area contributed by atoms with E-state index in [9.17, 15) is 4.39 Å². The average molecular weight is 342 g/mol. The van der Waals surface area contributed by atoms with Gasteiger partial charge in [0.05, 0.1) is 0 Å². The fourth-order valence-electron chi connectivity index (χ4n) is 3.43. The second-order valence-electron chi connectivity index (χ2n) is 6.02. The van der Waals surface area contributed by atoms with Gasteiger partial charge in [-0.1, -0.05) is 48.2 Å². The molecular formula is C17H25BrFN. The molecule has 1 saturated carbocycles. The standard InChI is InChI=1S/C17H25BrFN/c1-3-12-4-6-13(7-5-12)17(20-2)10-14-8-9-15(19)11-16(14)18/h8-9,11-13,17,20H,3-7,10H2,1-2H3. The van der Waals surface area contributed by atoms with Crippen LogP contribution in [0.25, 0.3) is 0 Å². The van der Waals surface area contributed by atoms with E-state index in [4.69, 9.17) is 0 Å². The predicted molar refractivity (Wildman–Crippen MR) is 86.4 cm³/mol. The number of nitrogens with one attached hydrogen (secondary N) is 1. The van der Waals surface area contributed by atoms with Crippen molar-refractivity contribution in [3.8, 4) is 0 Å². The number of hydrogen-bond acceptors (Lipinski definition) is 1. The minimum atomic E-state index is -0.176. The molecular weight excluding hydrogens is 317 g/mol. The van der Waals surface area contributed by atoms with Crippen molar-refractivity contribution in [1.82, 2.24) is 5.32 Å². The lowest BCUT2D eigenvalue weighted by Crippen LogP contribution is -2.37. The Hall–Kier alpha value is -0.410. The molecule has 0 aromatic heterocycles. The summed E-state index contributed by atoms with van der Waals surface area (Å²) in [6.45, 7) is 2.30. The molecule has 1 unspecified atom stereocenters. The van der Waals surface area contributed by atoms with Gasteiger partial charge < -0.3 is 5.32 Å². The summed E-state index contributed by atoms with van der Waals surface area (Å²) in [6.07, 6.45) is 7.67. The zero-order valence-corrected chi connectivity index (χ0v) is 14.0. The van der Waals surface area contributed by atoms with E-state index in [1.165, 1.54) is 37.7 Å². The SMILES string of the molecule is CCC1CCC(C(Cc2ccc(F)cc2Br)NC)CC1. The highest BCUT2D eigenvalue weighted by atomic mass is 79.9. The number of likely N-dealkylation sites (N-methyl/N-ethyl adjacent to an activating group) is 1. The summed E-state index contributed by atoms with van der Waals surface area (Å²) in [5.41, 5.74) is 1.20. The summed E-state index contributed by atoms with van der Waals surface area (Å²) >= 11 is 3.48. The van der Waals surface area contributed by atoms with E-state index in [0.29, 0.717) is 6.04 Å². The van der Waals surface area contributed by atoms with Gasteiger partial charge in [0.15, 0.2) is 0 Å². The Balaban J connectivity index is 1.98. The largest absolute Gasteiger partial charge is 0.316 e. The summed E-state index contributed by atoms with van der Waals surface area (Å²) in [4.78, 5) is 0. The van der Waals surface area contributed by atoms with Gasteiger partial charge in [0, 0.05) is 10.5 Å². The molecule has 0 bridgehead atoms. The van der Waals surface area contributed by atoms with Crippen LogP contribution in [0.1, 0.15) is 44.6 Å². The molecule has 3 heteroatoms. The highest BCUT2D eigenvalue weighted by molar-refractivity contribution is 9.10. The van der Waals surface area contributed by atoms with Crippen LogP contribution in [0.15, 0.2) is 22.7 Å². The molecule has 1 fully saturated rings. The molecule has 1 atom stereocenters. The summed E-state index contributed by atoms with van der Waals surface area (Å²) < 4.78 is 14.0. The zero-order chi connectivity index (χ0) is 14.5. The molecule has 1 nitrogen and oxygen atoms in total. The molecule has 0 aliphatic heterocycles. The zero-order valence-electron chi connectivity index (χ0n) is 12.5. The van der Waals surface area contributed by atoms with Crippen molar-refractivity contribution in [3.63, 3.8) is 0 Å². The molecule has 1 aliphatic rings. The predicted octanol–water partition coefficient (Wildman–Crippen LogP) is 4.94. The van der Waals surface area contributed by atoms with Crippen LogP contribution < -0.4 is 5.32 Å². The quantitative estimate of drug-likeness (QED) is 0.800. The summed E-state index contributed by atoms with van der Waals surface area (Å²) in [5.74, 6) is 1.51. The highest BCUT2D eigenvalue weighted by Crippen LogP contribution is 2.34. The summed E-state index contributed by atoms with van der Waals surface area (Å²) in [6, 6.07) is 5.52. The number of rotatable bonds is 5. The third-order valence-corrected chi connectivity index (χ3v) is 5.60. The Morgan fingerprint density at radius 3 is 2.55 bits per heavy atom. The Morgan fingerprint density at radius 1 is 1.30 bits per heavy atom. The molecule has 0 saturated heterocycles. The molecule has 1 N–H and O–H groups in total. The fourth-order valence-corrected chi connectivity index (χ4v) is 3.94. The smallest absolute Gasteiger partial charge is 0.124 e. The van der Waals surface area contributed by atoms with Gasteiger partial charge in [0.25, 0.3) is 0 Å². The van der Waals surface area contributed by atoms with E-state index in [-0.39, 0.29) is 5.82 Å². The maximum atomic E-state index is 13.2. The van der Waals surface area contributed by atoms with Crippen LogP contribution in [0.2, 0.25) is 0 Å². The van der Waals surface area contributed by atoms with Crippen LogP contribution in [0.5, 0.6) is 0 Å². The summed E-state index contributed by atoms with van der Waals surface area (Å²) in [7, 11) is 2.05. The minimum absolute atomic E-state index is 0.176. The van der Waals surface area contributed by atoms with Gasteiger partial charge in [-0.2, -0.15) is 0 Å². The van der Waals surface area contributed by atoms with E-state index < -0.39 is 0 Å². The Labute approximate surface area is 130 Å². The van der Waals surface area contributed by atoms with E-state index in [0.717, 1.165) is 22.7 Å². The van der Waals surface area contributed by atoms with Gasteiger partial charge in [-0.05, 0) is 55.8 Å². The molecule has 1 aromatic rings. The fraction of sp³-hybridized carbons (Fsp3) is 0.647. The van der Waals surface area contributed by atoms with Crippen molar-refractivity contribution in [2.45, 2.75) is 51.5 Å². The van der Waals surface area contributed by atoms with E-state index >= 15 is 0 Å². The third kappa shape index (κ3) is 4.05. The molecule has 1 aromatic carbocycles. The van der Waals surface area contributed by atoms with Crippen LogP contribution >= 0.6 is 15.9 Å². The van der Waals surface area contributed by atoms with Gasteiger partial charge in [-0.15, -0.1) is 0 Å².